The van der Waals surface area contributed by atoms with Gasteiger partial charge in [0, 0.05) is 41.1 Å². The third kappa shape index (κ3) is 3.62. The van der Waals surface area contributed by atoms with Crippen LogP contribution in [0.4, 0.5) is 5.13 Å². The zero-order valence-electron chi connectivity index (χ0n) is 15.4. The summed E-state index contributed by atoms with van der Waals surface area (Å²) in [6.07, 6.45) is 2.63. The molecule has 3 aromatic heterocycles. The summed E-state index contributed by atoms with van der Waals surface area (Å²) in [6, 6.07) is 5.45. The first-order chi connectivity index (χ1) is 12.5. The highest BCUT2D eigenvalue weighted by Gasteiger charge is 2.15. The summed E-state index contributed by atoms with van der Waals surface area (Å²) >= 11 is 1.40. The first-order valence-corrected chi connectivity index (χ1v) is 9.35. The number of carbonyl (C=O) groups is 1. The first-order valence-electron chi connectivity index (χ1n) is 8.47. The molecule has 26 heavy (non-hydrogen) atoms. The Morgan fingerprint density at radius 1 is 1.35 bits per heavy atom. The summed E-state index contributed by atoms with van der Waals surface area (Å²) in [5.74, 6) is 0.287. The summed E-state index contributed by atoms with van der Waals surface area (Å²) in [4.78, 5) is 21.0. The average molecular weight is 370 g/mol. The number of thiazole rings is 1. The minimum absolute atomic E-state index is 0.294. The molecule has 136 valence electrons. The Balaban J connectivity index is 1.80. The van der Waals surface area contributed by atoms with Gasteiger partial charge in [-0.3, -0.25) is 15.1 Å². The van der Waals surface area contributed by atoms with Crippen LogP contribution >= 0.6 is 11.3 Å². The van der Waals surface area contributed by atoms with Crippen LogP contribution in [0.15, 0.2) is 29.8 Å². The molecule has 0 spiro atoms. The Kier molecular flexibility index (Phi) is 5.37. The molecular formula is C19H22N4O2S. The Bertz CT molecular complexity index is 930. The zero-order valence-corrected chi connectivity index (χ0v) is 16.2. The zero-order chi connectivity index (χ0) is 18.7. The van der Waals surface area contributed by atoms with Crippen molar-refractivity contribution in [2.45, 2.75) is 33.7 Å². The molecular weight excluding hydrogens is 348 g/mol. The predicted octanol–water partition coefficient (Wildman–Crippen LogP) is 4.29. The van der Waals surface area contributed by atoms with E-state index in [9.17, 15) is 4.79 Å². The van der Waals surface area contributed by atoms with Gasteiger partial charge in [0.05, 0.1) is 12.8 Å². The number of ether oxygens (including phenoxy) is 1. The number of nitrogens with one attached hydrogen (secondary N) is 1. The number of pyridine rings is 1. The van der Waals surface area contributed by atoms with Crippen molar-refractivity contribution in [2.75, 3.05) is 12.4 Å². The maximum Gasteiger partial charge on any atom is 0.276 e. The Labute approximate surface area is 156 Å². The van der Waals surface area contributed by atoms with Crippen molar-refractivity contribution in [3.05, 3.63) is 46.9 Å². The van der Waals surface area contributed by atoms with E-state index in [4.69, 9.17) is 4.74 Å². The van der Waals surface area contributed by atoms with Gasteiger partial charge < -0.3 is 9.30 Å². The lowest BCUT2D eigenvalue weighted by atomic mass is 10.2. The van der Waals surface area contributed by atoms with Crippen LogP contribution < -0.4 is 10.1 Å². The molecule has 0 radical (unpaired) electrons. The Morgan fingerprint density at radius 3 is 2.88 bits per heavy atom. The van der Waals surface area contributed by atoms with E-state index >= 15 is 0 Å². The second-order valence-electron chi connectivity index (χ2n) is 6.01. The number of carbonyl (C=O) groups excluding carboxylic acids is 1. The van der Waals surface area contributed by atoms with Crippen LogP contribution in [0.2, 0.25) is 0 Å². The SMILES string of the molecule is CCCn1c(C)cc(-c2csc(NC(=O)c3cc(OC)ccn3)n2)c1C. The molecule has 6 nitrogen and oxygen atoms in total. The predicted molar refractivity (Wildman–Crippen MR) is 104 cm³/mol. The number of nitrogens with zero attached hydrogens (tertiary/aromatic N) is 3. The number of hydrogen-bond acceptors (Lipinski definition) is 5. The average Bonchev–Trinajstić information content (AvgIpc) is 3.21. The van der Waals surface area contributed by atoms with Crippen molar-refractivity contribution in [2.24, 2.45) is 0 Å². The van der Waals surface area contributed by atoms with Gasteiger partial charge in [-0.25, -0.2) is 4.98 Å². The van der Waals surface area contributed by atoms with E-state index in [-0.39, 0.29) is 5.91 Å². The van der Waals surface area contributed by atoms with Crippen LogP contribution in [0, 0.1) is 13.8 Å². The van der Waals surface area contributed by atoms with Crippen molar-refractivity contribution in [1.82, 2.24) is 14.5 Å². The van der Waals surface area contributed by atoms with Gasteiger partial charge in [-0.15, -0.1) is 11.3 Å². The third-order valence-electron chi connectivity index (χ3n) is 4.22. The maximum atomic E-state index is 12.4. The molecule has 3 rings (SSSR count). The van der Waals surface area contributed by atoms with Crippen molar-refractivity contribution in [1.29, 1.82) is 0 Å². The molecule has 3 aromatic rings. The van der Waals surface area contributed by atoms with Gasteiger partial charge in [0.1, 0.15) is 11.4 Å². The second-order valence-corrected chi connectivity index (χ2v) is 6.87. The van der Waals surface area contributed by atoms with Crippen LogP contribution in [0.1, 0.15) is 35.2 Å². The third-order valence-corrected chi connectivity index (χ3v) is 4.98. The van der Waals surface area contributed by atoms with Gasteiger partial charge in [-0.1, -0.05) is 6.92 Å². The molecule has 0 bridgehead atoms. The maximum absolute atomic E-state index is 12.4. The van der Waals surface area contributed by atoms with Crippen molar-refractivity contribution >= 4 is 22.4 Å². The van der Waals surface area contributed by atoms with E-state index in [2.05, 4.69) is 46.7 Å². The molecule has 0 aliphatic rings. The second kappa shape index (κ2) is 7.70. The quantitative estimate of drug-likeness (QED) is 0.702. The van der Waals surface area contributed by atoms with E-state index in [1.165, 1.54) is 22.7 Å². The molecule has 0 aliphatic heterocycles. The highest BCUT2D eigenvalue weighted by molar-refractivity contribution is 7.14. The van der Waals surface area contributed by atoms with E-state index in [0.29, 0.717) is 16.6 Å². The number of amides is 1. The molecule has 7 heteroatoms. The van der Waals surface area contributed by atoms with Gasteiger partial charge in [-0.05, 0) is 32.4 Å². The number of hydrogen-bond donors (Lipinski definition) is 1. The highest BCUT2D eigenvalue weighted by Crippen LogP contribution is 2.30. The smallest absolute Gasteiger partial charge is 0.276 e. The number of aromatic nitrogens is 3. The fourth-order valence-corrected chi connectivity index (χ4v) is 3.61. The standard InChI is InChI=1S/C19H22N4O2S/c1-5-8-23-12(2)9-15(13(23)3)17-11-26-19(21-17)22-18(24)16-10-14(25-4)6-7-20-16/h6-7,9-11H,5,8H2,1-4H3,(H,21,22,24). The molecule has 0 aromatic carbocycles. The number of aryl methyl sites for hydroxylation is 1. The van der Waals surface area contributed by atoms with E-state index in [1.807, 2.05) is 5.38 Å². The van der Waals surface area contributed by atoms with E-state index < -0.39 is 0 Å². The van der Waals surface area contributed by atoms with E-state index in [1.54, 1.807) is 25.4 Å². The normalized spacial score (nSPS) is 10.8. The number of anilines is 1. The highest BCUT2D eigenvalue weighted by atomic mass is 32.1. The van der Waals surface area contributed by atoms with Crippen LogP contribution in [0.3, 0.4) is 0 Å². The van der Waals surface area contributed by atoms with Crippen molar-refractivity contribution in [3.8, 4) is 17.0 Å². The molecule has 0 fully saturated rings. The van der Waals surface area contributed by atoms with Gasteiger partial charge in [0.25, 0.3) is 5.91 Å². The lowest BCUT2D eigenvalue weighted by Crippen LogP contribution is -2.13. The monoisotopic (exact) mass is 370 g/mol. The van der Waals surface area contributed by atoms with Crippen LogP contribution in [0.5, 0.6) is 5.75 Å². The molecule has 0 aliphatic carbocycles. The summed E-state index contributed by atoms with van der Waals surface area (Å²) in [5.41, 5.74) is 4.69. The topological polar surface area (TPSA) is 69.0 Å². The van der Waals surface area contributed by atoms with Crippen LogP contribution in [0.25, 0.3) is 11.3 Å². The Hall–Kier alpha value is -2.67. The fraction of sp³-hybridized carbons (Fsp3) is 0.316. The molecule has 3 heterocycles. The minimum Gasteiger partial charge on any atom is -0.497 e. The lowest BCUT2D eigenvalue weighted by Gasteiger charge is -2.07. The van der Waals surface area contributed by atoms with E-state index in [0.717, 1.165) is 24.2 Å². The fourth-order valence-electron chi connectivity index (χ4n) is 2.91. The molecule has 1 N–H and O–H groups in total. The summed E-state index contributed by atoms with van der Waals surface area (Å²) in [7, 11) is 1.55. The molecule has 0 unspecified atom stereocenters. The minimum atomic E-state index is -0.304. The van der Waals surface area contributed by atoms with Gasteiger partial charge in [0.15, 0.2) is 5.13 Å². The molecule has 0 atom stereocenters. The summed E-state index contributed by atoms with van der Waals surface area (Å²) in [5, 5.41) is 5.33. The van der Waals surface area contributed by atoms with Crippen molar-refractivity contribution < 1.29 is 9.53 Å². The van der Waals surface area contributed by atoms with Crippen LogP contribution in [-0.2, 0) is 6.54 Å². The molecule has 0 saturated heterocycles. The van der Waals surface area contributed by atoms with Gasteiger partial charge in [-0.2, -0.15) is 0 Å². The Morgan fingerprint density at radius 2 is 2.15 bits per heavy atom. The molecule has 0 saturated carbocycles. The first kappa shape index (κ1) is 18.1. The largest absolute Gasteiger partial charge is 0.497 e. The number of methoxy groups -OCH3 is 1. The van der Waals surface area contributed by atoms with Gasteiger partial charge in [0.2, 0.25) is 0 Å². The summed E-state index contributed by atoms with van der Waals surface area (Å²) < 4.78 is 7.43. The molecule has 1 amide bonds. The summed E-state index contributed by atoms with van der Waals surface area (Å²) in [6.45, 7) is 7.37. The van der Waals surface area contributed by atoms with Crippen molar-refractivity contribution in [3.63, 3.8) is 0 Å². The van der Waals surface area contributed by atoms with Crippen LogP contribution in [-0.4, -0.2) is 27.6 Å². The van der Waals surface area contributed by atoms with Gasteiger partial charge >= 0.3 is 0 Å². The lowest BCUT2D eigenvalue weighted by molar-refractivity contribution is 0.102. The number of rotatable bonds is 6.